The highest BCUT2D eigenvalue weighted by Gasteiger charge is 2.44. The largest absolute Gasteiger partial charge is 0.351 e. The molecule has 4 heteroatoms. The lowest BCUT2D eigenvalue weighted by Gasteiger charge is -2.16. The predicted molar refractivity (Wildman–Crippen MR) is 90.4 cm³/mol. The number of hydrogen-bond donors (Lipinski definition) is 1. The van der Waals surface area contributed by atoms with Crippen LogP contribution in [0.25, 0.3) is 11.0 Å². The van der Waals surface area contributed by atoms with Crippen molar-refractivity contribution in [1.82, 2.24) is 14.9 Å². The van der Waals surface area contributed by atoms with Gasteiger partial charge in [-0.1, -0.05) is 30.3 Å². The minimum atomic E-state index is -0.0505. The molecule has 4 rings (SSSR count). The van der Waals surface area contributed by atoms with Gasteiger partial charge in [-0.25, -0.2) is 4.98 Å². The third-order valence-electron chi connectivity index (χ3n) is 4.80. The standard InChI is InChI=1S/C19H19N3O/c1-22-10-7-14-11-15(12-20-17(14)22)18(23)21-13-19(8-9-19)16-5-3-2-4-6-16/h2-7,10-12H,8-9,13H2,1H3,(H,21,23). The van der Waals surface area contributed by atoms with Crippen molar-refractivity contribution >= 4 is 16.9 Å². The summed E-state index contributed by atoms with van der Waals surface area (Å²) < 4.78 is 1.95. The second-order valence-corrected chi connectivity index (χ2v) is 6.39. The fraction of sp³-hybridized carbons (Fsp3) is 0.263. The molecule has 0 unspecified atom stereocenters. The van der Waals surface area contributed by atoms with Gasteiger partial charge in [0.25, 0.3) is 5.91 Å². The first-order valence-corrected chi connectivity index (χ1v) is 7.93. The SMILES string of the molecule is Cn1ccc2cc(C(=O)NCC3(c4ccccc4)CC3)cnc21. The zero-order valence-electron chi connectivity index (χ0n) is 13.1. The van der Waals surface area contributed by atoms with Gasteiger partial charge in [-0.3, -0.25) is 4.79 Å². The van der Waals surface area contributed by atoms with Crippen molar-refractivity contribution in [1.29, 1.82) is 0 Å². The maximum Gasteiger partial charge on any atom is 0.252 e. The van der Waals surface area contributed by atoms with E-state index in [-0.39, 0.29) is 11.3 Å². The Morgan fingerprint density at radius 1 is 1.26 bits per heavy atom. The Kier molecular flexibility index (Phi) is 3.18. The molecule has 0 aliphatic heterocycles. The highest BCUT2D eigenvalue weighted by atomic mass is 16.1. The number of amides is 1. The van der Waals surface area contributed by atoms with Gasteiger partial charge in [-0.05, 0) is 30.5 Å². The molecule has 3 aromatic rings. The molecule has 0 spiro atoms. The molecule has 1 N–H and O–H groups in total. The number of nitrogens with zero attached hydrogens (tertiary/aromatic N) is 2. The van der Waals surface area contributed by atoms with Crippen LogP contribution in [0.3, 0.4) is 0 Å². The van der Waals surface area contributed by atoms with Crippen LogP contribution in [-0.4, -0.2) is 22.0 Å². The Morgan fingerprint density at radius 2 is 2.04 bits per heavy atom. The summed E-state index contributed by atoms with van der Waals surface area (Å²) in [5.74, 6) is -0.0505. The summed E-state index contributed by atoms with van der Waals surface area (Å²) in [6.45, 7) is 0.683. The molecule has 4 nitrogen and oxygen atoms in total. The number of rotatable bonds is 4. The lowest BCUT2D eigenvalue weighted by Crippen LogP contribution is -2.32. The summed E-state index contributed by atoms with van der Waals surface area (Å²) in [4.78, 5) is 16.8. The average Bonchev–Trinajstić information content (AvgIpc) is 3.31. The van der Waals surface area contributed by atoms with Gasteiger partial charge in [0.15, 0.2) is 0 Å². The van der Waals surface area contributed by atoms with Crippen LogP contribution in [0.15, 0.2) is 54.9 Å². The van der Waals surface area contributed by atoms with E-state index in [2.05, 4.69) is 34.6 Å². The average molecular weight is 305 g/mol. The van der Waals surface area contributed by atoms with E-state index in [4.69, 9.17) is 0 Å². The van der Waals surface area contributed by atoms with Gasteiger partial charge < -0.3 is 9.88 Å². The van der Waals surface area contributed by atoms with E-state index in [1.165, 1.54) is 5.56 Å². The van der Waals surface area contributed by atoms with Crippen LogP contribution in [0.4, 0.5) is 0 Å². The van der Waals surface area contributed by atoms with Gasteiger partial charge in [0.1, 0.15) is 5.65 Å². The monoisotopic (exact) mass is 305 g/mol. The molecular formula is C19H19N3O. The summed E-state index contributed by atoms with van der Waals surface area (Å²) in [7, 11) is 1.95. The van der Waals surface area contributed by atoms with Crippen LogP contribution in [0.5, 0.6) is 0 Å². The van der Waals surface area contributed by atoms with Crippen LogP contribution in [0.2, 0.25) is 0 Å². The topological polar surface area (TPSA) is 46.9 Å². The quantitative estimate of drug-likeness (QED) is 0.805. The Labute approximate surface area is 135 Å². The van der Waals surface area contributed by atoms with E-state index in [0.29, 0.717) is 12.1 Å². The predicted octanol–water partition coefficient (Wildman–Crippen LogP) is 3.03. The van der Waals surface area contributed by atoms with Crippen molar-refractivity contribution in [2.24, 2.45) is 7.05 Å². The van der Waals surface area contributed by atoms with Crippen LogP contribution >= 0.6 is 0 Å². The van der Waals surface area contributed by atoms with Gasteiger partial charge in [0.2, 0.25) is 0 Å². The van der Waals surface area contributed by atoms with Crippen LogP contribution in [-0.2, 0) is 12.5 Å². The summed E-state index contributed by atoms with van der Waals surface area (Å²) in [6.07, 6.45) is 5.87. The fourth-order valence-corrected chi connectivity index (χ4v) is 3.14. The molecule has 2 aromatic heterocycles. The smallest absolute Gasteiger partial charge is 0.252 e. The maximum atomic E-state index is 12.4. The molecule has 2 heterocycles. The summed E-state index contributed by atoms with van der Waals surface area (Å²) in [6, 6.07) is 14.3. The van der Waals surface area contributed by atoms with Crippen molar-refractivity contribution in [3.63, 3.8) is 0 Å². The second-order valence-electron chi connectivity index (χ2n) is 6.39. The van der Waals surface area contributed by atoms with Gasteiger partial charge in [0, 0.05) is 36.8 Å². The fourth-order valence-electron chi connectivity index (χ4n) is 3.14. The molecule has 0 radical (unpaired) electrons. The molecule has 0 atom stereocenters. The summed E-state index contributed by atoms with van der Waals surface area (Å²) in [5.41, 5.74) is 2.95. The molecule has 1 saturated carbocycles. The number of carbonyl (C=O) groups excluding carboxylic acids is 1. The second kappa shape index (κ2) is 5.23. The highest BCUT2D eigenvalue weighted by molar-refractivity contribution is 5.97. The highest BCUT2D eigenvalue weighted by Crippen LogP contribution is 2.47. The number of fused-ring (bicyclic) bond motifs is 1. The molecule has 116 valence electrons. The van der Waals surface area contributed by atoms with Crippen LogP contribution < -0.4 is 5.32 Å². The zero-order chi connectivity index (χ0) is 15.9. The Morgan fingerprint density at radius 3 is 2.78 bits per heavy atom. The number of benzene rings is 1. The van der Waals surface area contributed by atoms with Gasteiger partial charge in [-0.15, -0.1) is 0 Å². The zero-order valence-corrected chi connectivity index (χ0v) is 13.1. The number of carbonyl (C=O) groups is 1. The van der Waals surface area contributed by atoms with E-state index < -0.39 is 0 Å². The van der Waals surface area contributed by atoms with E-state index in [1.807, 2.05) is 36.0 Å². The van der Waals surface area contributed by atoms with Crippen molar-refractivity contribution in [3.8, 4) is 0 Å². The Balaban J connectivity index is 1.49. The van der Waals surface area contributed by atoms with Crippen LogP contribution in [0, 0.1) is 0 Å². The minimum Gasteiger partial charge on any atom is -0.351 e. The number of pyridine rings is 1. The van der Waals surface area contributed by atoms with Gasteiger partial charge in [-0.2, -0.15) is 0 Å². The number of hydrogen-bond acceptors (Lipinski definition) is 2. The molecule has 1 aliphatic rings. The van der Waals surface area contributed by atoms with Crippen LogP contribution in [0.1, 0.15) is 28.8 Å². The van der Waals surface area contributed by atoms with Crippen molar-refractivity contribution in [3.05, 3.63) is 66.0 Å². The van der Waals surface area contributed by atoms with Crippen molar-refractivity contribution < 1.29 is 4.79 Å². The molecule has 0 bridgehead atoms. The van der Waals surface area contributed by atoms with E-state index in [1.54, 1.807) is 6.20 Å². The Hall–Kier alpha value is -2.62. The summed E-state index contributed by atoms with van der Waals surface area (Å²) >= 11 is 0. The van der Waals surface area contributed by atoms with E-state index >= 15 is 0 Å². The number of aryl methyl sites for hydroxylation is 1. The molecular weight excluding hydrogens is 286 g/mol. The number of aromatic nitrogens is 2. The Bertz CT molecular complexity index is 863. The normalized spacial score (nSPS) is 15.5. The first-order chi connectivity index (χ1) is 11.2. The third kappa shape index (κ3) is 2.50. The lowest BCUT2D eigenvalue weighted by molar-refractivity contribution is 0.0949. The molecule has 0 saturated heterocycles. The molecule has 1 fully saturated rings. The van der Waals surface area contributed by atoms with Gasteiger partial charge >= 0.3 is 0 Å². The van der Waals surface area contributed by atoms with Crippen molar-refractivity contribution in [2.45, 2.75) is 18.3 Å². The van der Waals surface area contributed by atoms with E-state index in [9.17, 15) is 4.79 Å². The maximum absolute atomic E-state index is 12.4. The third-order valence-corrected chi connectivity index (χ3v) is 4.80. The molecule has 23 heavy (non-hydrogen) atoms. The molecule has 1 aliphatic carbocycles. The minimum absolute atomic E-state index is 0.0505. The first-order valence-electron chi connectivity index (χ1n) is 7.93. The van der Waals surface area contributed by atoms with Crippen molar-refractivity contribution in [2.75, 3.05) is 6.54 Å². The summed E-state index contributed by atoms with van der Waals surface area (Å²) in [5, 5.41) is 4.08. The number of nitrogens with one attached hydrogen (secondary N) is 1. The first kappa shape index (κ1) is 14.0. The lowest BCUT2D eigenvalue weighted by atomic mass is 9.96. The van der Waals surface area contributed by atoms with E-state index in [0.717, 1.165) is 23.9 Å². The van der Waals surface area contributed by atoms with Gasteiger partial charge in [0.05, 0.1) is 5.56 Å². The molecule has 1 amide bonds. The molecule has 1 aromatic carbocycles.